The molecular weight excluding hydrogens is 300 g/mol. The summed E-state index contributed by atoms with van der Waals surface area (Å²) in [6, 6.07) is 0. The normalized spacial score (nSPS) is 14.1. The number of hydrogen-bond acceptors (Lipinski definition) is 8. The van der Waals surface area contributed by atoms with E-state index in [2.05, 4.69) is 18.9 Å². The standard InChI is InChI=1S/C9H12O12/c1-3(19-7(12)13)5(21-9(16)17)4(20-8(14)15)2-18-6(10)11/h3-5H,2H2,1H3,(H,10,11)(H,12,13)(H,14,15)(H,16,17). The first-order valence-electron chi connectivity index (χ1n) is 5.18. The second-order valence-electron chi connectivity index (χ2n) is 3.44. The van der Waals surface area contributed by atoms with Crippen LogP contribution in [-0.2, 0) is 18.9 Å². The predicted molar refractivity (Wildman–Crippen MR) is 58.3 cm³/mol. The summed E-state index contributed by atoms with van der Waals surface area (Å²) in [7, 11) is 0. The average molecular weight is 312 g/mol. The zero-order valence-corrected chi connectivity index (χ0v) is 10.5. The minimum atomic E-state index is -1.88. The van der Waals surface area contributed by atoms with Crippen LogP contribution in [0, 0.1) is 0 Å². The van der Waals surface area contributed by atoms with E-state index in [-0.39, 0.29) is 0 Å². The van der Waals surface area contributed by atoms with E-state index in [0.717, 1.165) is 6.92 Å². The molecule has 12 heteroatoms. The van der Waals surface area contributed by atoms with Gasteiger partial charge in [0.15, 0.2) is 12.2 Å². The monoisotopic (exact) mass is 312 g/mol. The van der Waals surface area contributed by atoms with Crippen molar-refractivity contribution in [3.8, 4) is 0 Å². The van der Waals surface area contributed by atoms with Gasteiger partial charge < -0.3 is 39.4 Å². The fraction of sp³-hybridized carbons (Fsp3) is 0.556. The maximum absolute atomic E-state index is 10.5. The maximum Gasteiger partial charge on any atom is 0.506 e. The molecule has 4 N–H and O–H groups in total. The summed E-state index contributed by atoms with van der Waals surface area (Å²) in [5, 5.41) is 33.8. The molecule has 0 aliphatic rings. The lowest BCUT2D eigenvalue weighted by Gasteiger charge is -2.27. The second kappa shape index (κ2) is 8.29. The highest BCUT2D eigenvalue weighted by atomic mass is 16.7. The third kappa shape index (κ3) is 7.97. The maximum atomic E-state index is 10.5. The summed E-state index contributed by atoms with van der Waals surface area (Å²) in [5.74, 6) is 0. The molecule has 0 saturated heterocycles. The number of hydrogen-bond donors (Lipinski definition) is 4. The summed E-state index contributed by atoms with van der Waals surface area (Å²) in [4.78, 5) is 41.7. The van der Waals surface area contributed by atoms with E-state index in [1.165, 1.54) is 0 Å². The first-order chi connectivity index (χ1) is 9.63. The Hall–Kier alpha value is -2.92. The van der Waals surface area contributed by atoms with Crippen LogP contribution in [0.3, 0.4) is 0 Å². The molecule has 0 aliphatic carbocycles. The van der Waals surface area contributed by atoms with Gasteiger partial charge in [-0.15, -0.1) is 0 Å². The Bertz CT molecular complexity index is 404. The van der Waals surface area contributed by atoms with E-state index in [4.69, 9.17) is 20.4 Å². The molecule has 0 heterocycles. The fourth-order valence-electron chi connectivity index (χ4n) is 1.30. The molecule has 0 aromatic carbocycles. The highest BCUT2D eigenvalue weighted by molar-refractivity contribution is 5.60. The Balaban J connectivity index is 5.12. The van der Waals surface area contributed by atoms with Crippen LogP contribution in [0.1, 0.15) is 6.92 Å². The fourth-order valence-corrected chi connectivity index (χ4v) is 1.30. The minimum absolute atomic E-state index is 0.924. The van der Waals surface area contributed by atoms with Crippen molar-refractivity contribution in [2.45, 2.75) is 25.2 Å². The van der Waals surface area contributed by atoms with Crippen LogP contribution < -0.4 is 0 Å². The van der Waals surface area contributed by atoms with Crippen molar-refractivity contribution in [3.63, 3.8) is 0 Å². The second-order valence-corrected chi connectivity index (χ2v) is 3.44. The van der Waals surface area contributed by atoms with Crippen molar-refractivity contribution in [1.29, 1.82) is 0 Å². The Morgan fingerprint density at radius 3 is 1.67 bits per heavy atom. The van der Waals surface area contributed by atoms with Gasteiger partial charge in [0.1, 0.15) is 12.7 Å². The van der Waals surface area contributed by atoms with Crippen molar-refractivity contribution in [2.24, 2.45) is 0 Å². The van der Waals surface area contributed by atoms with Gasteiger partial charge in [0, 0.05) is 0 Å². The Morgan fingerprint density at radius 2 is 1.29 bits per heavy atom. The number of ether oxygens (including phenoxy) is 4. The molecule has 0 bridgehead atoms. The van der Waals surface area contributed by atoms with Gasteiger partial charge in [0.05, 0.1) is 0 Å². The van der Waals surface area contributed by atoms with Crippen molar-refractivity contribution >= 4 is 24.6 Å². The molecule has 0 aliphatic heterocycles. The van der Waals surface area contributed by atoms with Gasteiger partial charge >= 0.3 is 24.6 Å². The SMILES string of the molecule is CC(OC(=O)O)C(OC(=O)O)C(COC(=O)O)OC(=O)O. The third-order valence-electron chi connectivity index (χ3n) is 1.98. The van der Waals surface area contributed by atoms with Crippen LogP contribution in [-0.4, -0.2) is 70.0 Å². The van der Waals surface area contributed by atoms with Crippen LogP contribution in [0.25, 0.3) is 0 Å². The van der Waals surface area contributed by atoms with Crippen molar-refractivity contribution in [1.82, 2.24) is 0 Å². The molecule has 0 radical (unpaired) electrons. The van der Waals surface area contributed by atoms with Gasteiger partial charge in [-0.25, -0.2) is 19.2 Å². The van der Waals surface area contributed by atoms with E-state index in [1.807, 2.05) is 0 Å². The lowest BCUT2D eigenvalue weighted by molar-refractivity contribution is -0.108. The lowest BCUT2D eigenvalue weighted by atomic mass is 10.1. The zero-order chi connectivity index (χ0) is 16.6. The summed E-state index contributed by atoms with van der Waals surface area (Å²) in [5.41, 5.74) is 0. The van der Waals surface area contributed by atoms with E-state index < -0.39 is 49.5 Å². The molecular formula is C9H12O12. The number of carboxylic acid groups (broad SMARTS) is 4. The molecule has 3 atom stereocenters. The number of rotatable bonds is 7. The van der Waals surface area contributed by atoms with Gasteiger partial charge in [-0.3, -0.25) is 0 Å². The minimum Gasteiger partial charge on any atom is -0.450 e. The van der Waals surface area contributed by atoms with Crippen LogP contribution in [0.4, 0.5) is 19.2 Å². The summed E-state index contributed by atoms with van der Waals surface area (Å²) in [6.07, 6.45) is -12.3. The smallest absolute Gasteiger partial charge is 0.450 e. The first-order valence-corrected chi connectivity index (χ1v) is 5.18. The van der Waals surface area contributed by atoms with E-state index in [0.29, 0.717) is 0 Å². The first kappa shape index (κ1) is 18.1. The highest BCUT2D eigenvalue weighted by Crippen LogP contribution is 2.14. The predicted octanol–water partition coefficient (Wildman–Crippen LogP) is 0.891. The van der Waals surface area contributed by atoms with Crippen molar-refractivity contribution in [2.75, 3.05) is 6.61 Å². The van der Waals surface area contributed by atoms with Crippen LogP contribution in [0.5, 0.6) is 0 Å². The van der Waals surface area contributed by atoms with E-state index >= 15 is 0 Å². The van der Waals surface area contributed by atoms with Crippen LogP contribution in [0.15, 0.2) is 0 Å². The van der Waals surface area contributed by atoms with Gasteiger partial charge in [-0.1, -0.05) is 0 Å². The lowest BCUT2D eigenvalue weighted by Crippen LogP contribution is -2.46. The molecule has 0 fully saturated rings. The average Bonchev–Trinajstić information content (AvgIpc) is 2.29. The topological polar surface area (TPSA) is 186 Å². The molecule has 0 aromatic heterocycles. The quantitative estimate of drug-likeness (QED) is 0.384. The Labute approximate surface area is 116 Å². The molecule has 120 valence electrons. The molecule has 3 unspecified atom stereocenters. The molecule has 0 amide bonds. The largest absolute Gasteiger partial charge is 0.506 e. The molecule has 0 spiro atoms. The Morgan fingerprint density at radius 1 is 0.810 bits per heavy atom. The molecule has 21 heavy (non-hydrogen) atoms. The van der Waals surface area contributed by atoms with Crippen LogP contribution >= 0.6 is 0 Å². The number of carbonyl (C=O) groups is 4. The van der Waals surface area contributed by atoms with Crippen molar-refractivity contribution in [3.05, 3.63) is 0 Å². The third-order valence-corrected chi connectivity index (χ3v) is 1.98. The highest BCUT2D eigenvalue weighted by Gasteiger charge is 2.37. The van der Waals surface area contributed by atoms with Gasteiger partial charge in [-0.05, 0) is 6.92 Å². The summed E-state index contributed by atoms with van der Waals surface area (Å²) >= 11 is 0. The zero-order valence-electron chi connectivity index (χ0n) is 10.5. The van der Waals surface area contributed by atoms with Crippen molar-refractivity contribution < 1.29 is 58.6 Å². The van der Waals surface area contributed by atoms with Gasteiger partial charge in [-0.2, -0.15) is 0 Å². The molecule has 0 rings (SSSR count). The van der Waals surface area contributed by atoms with E-state index in [1.54, 1.807) is 0 Å². The van der Waals surface area contributed by atoms with Crippen LogP contribution in [0.2, 0.25) is 0 Å². The summed E-state index contributed by atoms with van der Waals surface area (Å²) < 4.78 is 16.8. The molecule has 0 saturated carbocycles. The van der Waals surface area contributed by atoms with Gasteiger partial charge in [0.25, 0.3) is 0 Å². The van der Waals surface area contributed by atoms with E-state index in [9.17, 15) is 19.2 Å². The molecule has 12 nitrogen and oxygen atoms in total. The summed E-state index contributed by atoms with van der Waals surface area (Å²) in [6.45, 7) is 0.133. The Kier molecular flexibility index (Phi) is 7.14. The molecule has 0 aromatic rings. The van der Waals surface area contributed by atoms with Gasteiger partial charge in [0.2, 0.25) is 0 Å².